The SMILES string of the molecule is CC(N)Cc1ccc(OCC(=O)NCC(F)(F)F)cn1. The zero-order chi connectivity index (χ0) is 15.2. The molecule has 0 radical (unpaired) electrons. The van der Waals surface area contributed by atoms with Gasteiger partial charge in [-0.2, -0.15) is 13.2 Å². The van der Waals surface area contributed by atoms with Gasteiger partial charge in [-0.3, -0.25) is 9.78 Å². The first-order valence-electron chi connectivity index (χ1n) is 5.93. The highest BCUT2D eigenvalue weighted by Crippen LogP contribution is 2.12. The number of hydrogen-bond acceptors (Lipinski definition) is 4. The maximum absolute atomic E-state index is 11.9. The van der Waals surface area contributed by atoms with Gasteiger partial charge in [-0.1, -0.05) is 0 Å². The van der Waals surface area contributed by atoms with E-state index in [1.807, 2.05) is 6.92 Å². The summed E-state index contributed by atoms with van der Waals surface area (Å²) in [6, 6.07) is 3.25. The molecular weight excluding hydrogens is 275 g/mol. The fraction of sp³-hybridized carbons (Fsp3) is 0.500. The summed E-state index contributed by atoms with van der Waals surface area (Å²) in [6.45, 7) is -0.0255. The number of nitrogens with two attached hydrogens (primary N) is 1. The molecule has 1 rings (SSSR count). The van der Waals surface area contributed by atoms with Crippen LogP contribution < -0.4 is 15.8 Å². The third-order valence-electron chi connectivity index (χ3n) is 2.18. The average Bonchev–Trinajstić information content (AvgIpc) is 2.34. The molecule has 0 fully saturated rings. The number of nitrogens with one attached hydrogen (secondary N) is 1. The van der Waals surface area contributed by atoms with Crippen molar-refractivity contribution in [2.45, 2.75) is 25.6 Å². The van der Waals surface area contributed by atoms with Gasteiger partial charge in [-0.15, -0.1) is 0 Å². The van der Waals surface area contributed by atoms with E-state index in [9.17, 15) is 18.0 Å². The zero-order valence-corrected chi connectivity index (χ0v) is 10.9. The number of carbonyl (C=O) groups is 1. The summed E-state index contributed by atoms with van der Waals surface area (Å²) in [5.41, 5.74) is 6.39. The van der Waals surface area contributed by atoms with Crippen molar-refractivity contribution in [3.05, 3.63) is 24.0 Å². The molecule has 1 aromatic rings. The molecule has 0 saturated carbocycles. The molecule has 0 aromatic carbocycles. The molecule has 3 N–H and O–H groups in total. The Morgan fingerprint density at radius 3 is 2.70 bits per heavy atom. The van der Waals surface area contributed by atoms with Gasteiger partial charge in [0.15, 0.2) is 6.61 Å². The van der Waals surface area contributed by atoms with Crippen molar-refractivity contribution < 1.29 is 22.7 Å². The summed E-state index contributed by atoms with van der Waals surface area (Å²) in [5.74, 6) is -0.539. The fourth-order valence-corrected chi connectivity index (χ4v) is 1.35. The number of pyridine rings is 1. The molecule has 0 aliphatic carbocycles. The van der Waals surface area contributed by atoms with Crippen molar-refractivity contribution >= 4 is 5.91 Å². The number of halogens is 3. The van der Waals surface area contributed by atoms with Crippen LogP contribution in [0.4, 0.5) is 13.2 Å². The van der Waals surface area contributed by atoms with Crippen LogP contribution in [0.1, 0.15) is 12.6 Å². The van der Waals surface area contributed by atoms with Crippen LogP contribution in [0.15, 0.2) is 18.3 Å². The lowest BCUT2D eigenvalue weighted by Gasteiger charge is -2.10. The molecule has 5 nitrogen and oxygen atoms in total. The highest BCUT2D eigenvalue weighted by atomic mass is 19.4. The molecule has 1 amide bonds. The first-order chi connectivity index (χ1) is 9.26. The second-order valence-corrected chi connectivity index (χ2v) is 4.35. The number of nitrogens with zero attached hydrogens (tertiary/aromatic N) is 1. The number of rotatable bonds is 6. The summed E-state index contributed by atoms with van der Waals surface area (Å²) in [4.78, 5) is 15.2. The number of amides is 1. The van der Waals surface area contributed by atoms with Crippen LogP contribution in [0.2, 0.25) is 0 Å². The van der Waals surface area contributed by atoms with Gasteiger partial charge in [-0.05, 0) is 19.1 Å². The van der Waals surface area contributed by atoms with Crippen LogP contribution >= 0.6 is 0 Å². The maximum Gasteiger partial charge on any atom is 0.405 e. The largest absolute Gasteiger partial charge is 0.482 e. The van der Waals surface area contributed by atoms with E-state index < -0.39 is 25.2 Å². The standard InChI is InChI=1S/C12H16F3N3O2/c1-8(16)4-9-2-3-10(5-17-9)20-6-11(19)18-7-12(13,14)15/h2-3,5,8H,4,6-7,16H2,1H3,(H,18,19). The number of hydrogen-bond donors (Lipinski definition) is 2. The van der Waals surface area contributed by atoms with Gasteiger partial charge in [0.1, 0.15) is 12.3 Å². The van der Waals surface area contributed by atoms with E-state index in [0.29, 0.717) is 12.2 Å². The van der Waals surface area contributed by atoms with Gasteiger partial charge in [0.05, 0.1) is 6.20 Å². The van der Waals surface area contributed by atoms with E-state index in [-0.39, 0.29) is 6.04 Å². The van der Waals surface area contributed by atoms with Crippen molar-refractivity contribution in [1.82, 2.24) is 10.3 Å². The van der Waals surface area contributed by atoms with Crippen LogP contribution in [0, 0.1) is 0 Å². The lowest BCUT2D eigenvalue weighted by molar-refractivity contribution is -0.139. The van der Waals surface area contributed by atoms with Crippen molar-refractivity contribution in [2.24, 2.45) is 5.73 Å². The van der Waals surface area contributed by atoms with E-state index in [1.54, 1.807) is 17.4 Å². The Labute approximate surface area is 114 Å². The normalized spacial score (nSPS) is 12.8. The molecule has 0 bridgehead atoms. The highest BCUT2D eigenvalue weighted by Gasteiger charge is 2.27. The van der Waals surface area contributed by atoms with E-state index in [4.69, 9.17) is 10.5 Å². The van der Waals surface area contributed by atoms with Gasteiger partial charge in [0, 0.05) is 18.2 Å². The van der Waals surface area contributed by atoms with Gasteiger partial charge in [-0.25, -0.2) is 0 Å². The van der Waals surface area contributed by atoms with Crippen molar-refractivity contribution in [3.63, 3.8) is 0 Å². The Hall–Kier alpha value is -1.83. The molecule has 0 aliphatic heterocycles. The summed E-state index contributed by atoms with van der Waals surface area (Å²) < 4.78 is 40.6. The van der Waals surface area contributed by atoms with Crippen LogP contribution in [0.5, 0.6) is 5.75 Å². The molecule has 112 valence electrons. The molecule has 0 aliphatic rings. The lowest BCUT2D eigenvalue weighted by atomic mass is 10.2. The van der Waals surface area contributed by atoms with Crippen molar-refractivity contribution in [2.75, 3.05) is 13.2 Å². The molecule has 1 atom stereocenters. The summed E-state index contributed by atoms with van der Waals surface area (Å²) in [5, 5.41) is 1.70. The highest BCUT2D eigenvalue weighted by molar-refractivity contribution is 5.77. The van der Waals surface area contributed by atoms with Gasteiger partial charge in [0.2, 0.25) is 0 Å². The third-order valence-corrected chi connectivity index (χ3v) is 2.18. The van der Waals surface area contributed by atoms with E-state index in [1.165, 1.54) is 6.20 Å². The minimum atomic E-state index is -4.43. The number of ether oxygens (including phenoxy) is 1. The molecule has 0 spiro atoms. The third kappa shape index (κ3) is 6.93. The summed E-state index contributed by atoms with van der Waals surface area (Å²) in [6.07, 6.45) is -2.43. The monoisotopic (exact) mass is 291 g/mol. The zero-order valence-electron chi connectivity index (χ0n) is 10.9. The van der Waals surface area contributed by atoms with Crippen LogP contribution in [-0.2, 0) is 11.2 Å². The Balaban J connectivity index is 2.36. The number of carbonyl (C=O) groups excluding carboxylic acids is 1. The summed E-state index contributed by atoms with van der Waals surface area (Å²) >= 11 is 0. The van der Waals surface area contributed by atoms with Gasteiger partial charge in [0.25, 0.3) is 5.91 Å². The Morgan fingerprint density at radius 1 is 1.50 bits per heavy atom. The van der Waals surface area contributed by atoms with Crippen LogP contribution in [0.25, 0.3) is 0 Å². The molecular formula is C12H16F3N3O2. The topological polar surface area (TPSA) is 77.2 Å². The molecule has 1 aromatic heterocycles. The molecule has 8 heteroatoms. The molecule has 20 heavy (non-hydrogen) atoms. The average molecular weight is 291 g/mol. The Bertz CT molecular complexity index is 433. The Kier molecular flexibility index (Phi) is 5.75. The minimum absolute atomic E-state index is 0.0255. The minimum Gasteiger partial charge on any atom is -0.482 e. The predicted octanol–water partition coefficient (Wildman–Crippen LogP) is 1.03. The van der Waals surface area contributed by atoms with Crippen LogP contribution in [0.3, 0.4) is 0 Å². The first kappa shape index (κ1) is 16.2. The maximum atomic E-state index is 11.9. The number of aromatic nitrogens is 1. The quantitative estimate of drug-likeness (QED) is 0.820. The summed E-state index contributed by atoms with van der Waals surface area (Å²) in [7, 11) is 0. The second kappa shape index (κ2) is 7.09. The van der Waals surface area contributed by atoms with Gasteiger partial charge >= 0.3 is 6.18 Å². The molecule has 1 unspecified atom stereocenters. The van der Waals surface area contributed by atoms with Crippen molar-refractivity contribution in [1.29, 1.82) is 0 Å². The Morgan fingerprint density at radius 2 is 2.20 bits per heavy atom. The van der Waals surface area contributed by atoms with E-state index >= 15 is 0 Å². The van der Waals surface area contributed by atoms with E-state index in [0.717, 1.165) is 5.69 Å². The molecule has 1 heterocycles. The fourth-order valence-electron chi connectivity index (χ4n) is 1.35. The van der Waals surface area contributed by atoms with E-state index in [2.05, 4.69) is 4.98 Å². The lowest BCUT2D eigenvalue weighted by Crippen LogP contribution is -2.36. The number of alkyl halides is 3. The van der Waals surface area contributed by atoms with Crippen LogP contribution in [-0.4, -0.2) is 36.3 Å². The van der Waals surface area contributed by atoms with Gasteiger partial charge < -0.3 is 15.8 Å². The smallest absolute Gasteiger partial charge is 0.405 e. The predicted molar refractivity (Wildman–Crippen MR) is 66.2 cm³/mol. The first-order valence-corrected chi connectivity index (χ1v) is 5.93. The second-order valence-electron chi connectivity index (χ2n) is 4.35. The molecule has 0 saturated heterocycles. The van der Waals surface area contributed by atoms with Crippen molar-refractivity contribution in [3.8, 4) is 5.75 Å².